The first-order chi connectivity index (χ1) is 12.6. The van der Waals surface area contributed by atoms with Gasteiger partial charge in [0.1, 0.15) is 5.75 Å². The zero-order chi connectivity index (χ0) is 18.4. The fourth-order valence-electron chi connectivity index (χ4n) is 2.14. The number of ether oxygens (including phenoxy) is 1. The fourth-order valence-corrected chi connectivity index (χ4v) is 2.41. The van der Waals surface area contributed by atoms with E-state index in [1.54, 1.807) is 54.7 Å². The van der Waals surface area contributed by atoms with Gasteiger partial charge in [0.05, 0.1) is 22.9 Å². The van der Waals surface area contributed by atoms with Crippen LogP contribution in [0.5, 0.6) is 5.75 Å². The predicted octanol–water partition coefficient (Wildman–Crippen LogP) is 5.29. The third-order valence-corrected chi connectivity index (χ3v) is 4.06. The normalized spacial score (nSPS) is 10.5. The number of rotatable bonds is 4. The van der Waals surface area contributed by atoms with E-state index in [9.17, 15) is 4.79 Å². The molecule has 0 saturated carbocycles. The SMILES string of the molecule is N#Cc1ccc(OC(=O)c2ccc(N=Cc3ccc(Br)cc3)cc2)cc1. The first-order valence-electron chi connectivity index (χ1n) is 7.76. The van der Waals surface area contributed by atoms with Crippen LogP contribution in [0.2, 0.25) is 0 Å². The molecule has 4 nitrogen and oxygen atoms in total. The van der Waals surface area contributed by atoms with E-state index in [0.717, 1.165) is 15.7 Å². The Morgan fingerprint density at radius 1 is 0.962 bits per heavy atom. The highest BCUT2D eigenvalue weighted by atomic mass is 79.9. The number of aliphatic imine (C=N–C) groups is 1. The molecule has 5 heteroatoms. The molecule has 0 N–H and O–H groups in total. The summed E-state index contributed by atoms with van der Waals surface area (Å²) in [4.78, 5) is 16.5. The number of esters is 1. The van der Waals surface area contributed by atoms with Gasteiger partial charge >= 0.3 is 5.97 Å². The Balaban J connectivity index is 1.65. The number of hydrogen-bond donors (Lipinski definition) is 0. The number of halogens is 1. The minimum Gasteiger partial charge on any atom is -0.423 e. The van der Waals surface area contributed by atoms with Crippen molar-refractivity contribution in [1.29, 1.82) is 5.26 Å². The van der Waals surface area contributed by atoms with E-state index in [4.69, 9.17) is 10.00 Å². The summed E-state index contributed by atoms with van der Waals surface area (Å²) in [5.74, 6) is -0.0653. The molecule has 3 aromatic carbocycles. The van der Waals surface area contributed by atoms with Gasteiger partial charge in [-0.15, -0.1) is 0 Å². The molecule has 0 unspecified atom stereocenters. The van der Waals surface area contributed by atoms with Crippen LogP contribution in [0, 0.1) is 11.3 Å². The molecule has 0 radical (unpaired) electrons. The molecule has 0 amide bonds. The van der Waals surface area contributed by atoms with Gasteiger partial charge in [0, 0.05) is 10.7 Å². The van der Waals surface area contributed by atoms with Crippen molar-refractivity contribution in [3.8, 4) is 11.8 Å². The summed E-state index contributed by atoms with van der Waals surface area (Å²) in [5, 5.41) is 8.77. The first kappa shape index (κ1) is 17.6. The van der Waals surface area contributed by atoms with Crippen LogP contribution in [0.15, 0.2) is 82.3 Å². The summed E-state index contributed by atoms with van der Waals surface area (Å²) in [6.07, 6.45) is 1.76. The van der Waals surface area contributed by atoms with Crippen LogP contribution in [0.1, 0.15) is 21.5 Å². The summed E-state index contributed by atoms with van der Waals surface area (Å²) in [5.41, 5.74) is 2.66. The number of nitriles is 1. The molecule has 0 saturated heterocycles. The van der Waals surface area contributed by atoms with Crippen LogP contribution in [0.4, 0.5) is 5.69 Å². The second-order valence-electron chi connectivity index (χ2n) is 5.38. The van der Waals surface area contributed by atoms with Crippen molar-refractivity contribution < 1.29 is 9.53 Å². The summed E-state index contributed by atoms with van der Waals surface area (Å²) < 4.78 is 6.30. The van der Waals surface area contributed by atoms with Gasteiger partial charge in [0.15, 0.2) is 0 Å². The van der Waals surface area contributed by atoms with Crippen molar-refractivity contribution in [1.82, 2.24) is 0 Å². The van der Waals surface area contributed by atoms with E-state index in [-0.39, 0.29) is 0 Å². The third kappa shape index (κ3) is 4.65. The molecule has 0 heterocycles. The van der Waals surface area contributed by atoms with Gasteiger partial charge in [-0.05, 0) is 66.2 Å². The van der Waals surface area contributed by atoms with Gasteiger partial charge in [-0.25, -0.2) is 4.79 Å². The quantitative estimate of drug-likeness (QED) is 0.337. The molecule has 26 heavy (non-hydrogen) atoms. The van der Waals surface area contributed by atoms with Crippen LogP contribution in [-0.4, -0.2) is 12.2 Å². The zero-order valence-electron chi connectivity index (χ0n) is 13.6. The van der Waals surface area contributed by atoms with E-state index < -0.39 is 5.97 Å². The highest BCUT2D eigenvalue weighted by Crippen LogP contribution is 2.17. The van der Waals surface area contributed by atoms with Crippen LogP contribution in [-0.2, 0) is 0 Å². The monoisotopic (exact) mass is 404 g/mol. The molecule has 126 valence electrons. The van der Waals surface area contributed by atoms with Gasteiger partial charge in [0.25, 0.3) is 0 Å². The van der Waals surface area contributed by atoms with E-state index in [2.05, 4.69) is 20.9 Å². The maximum absolute atomic E-state index is 12.2. The zero-order valence-corrected chi connectivity index (χ0v) is 15.2. The van der Waals surface area contributed by atoms with Gasteiger partial charge in [-0.1, -0.05) is 28.1 Å². The minimum absolute atomic E-state index is 0.395. The Hall–Kier alpha value is -3.23. The summed E-state index contributed by atoms with van der Waals surface area (Å²) in [6.45, 7) is 0. The molecule has 0 bridgehead atoms. The molecule has 0 spiro atoms. The molecule has 0 aliphatic rings. The van der Waals surface area contributed by atoms with Crippen molar-refractivity contribution in [2.45, 2.75) is 0 Å². The van der Waals surface area contributed by atoms with Gasteiger partial charge in [-0.2, -0.15) is 5.26 Å². The lowest BCUT2D eigenvalue weighted by Gasteiger charge is -2.04. The maximum Gasteiger partial charge on any atom is 0.343 e. The molecule has 3 rings (SSSR count). The van der Waals surface area contributed by atoms with Gasteiger partial charge in [-0.3, -0.25) is 4.99 Å². The minimum atomic E-state index is -0.460. The highest BCUT2D eigenvalue weighted by molar-refractivity contribution is 9.10. The average molecular weight is 405 g/mol. The van der Waals surface area contributed by atoms with Crippen LogP contribution < -0.4 is 4.74 Å². The van der Waals surface area contributed by atoms with E-state index in [1.165, 1.54) is 0 Å². The Morgan fingerprint density at radius 3 is 2.23 bits per heavy atom. The van der Waals surface area contributed by atoms with E-state index in [0.29, 0.717) is 16.9 Å². The molecule has 0 aliphatic heterocycles. The van der Waals surface area contributed by atoms with Crippen molar-refractivity contribution >= 4 is 33.8 Å². The summed E-state index contributed by atoms with van der Waals surface area (Å²) in [6, 6.07) is 23.0. The first-order valence-corrected chi connectivity index (χ1v) is 8.55. The second kappa shape index (κ2) is 8.24. The Bertz CT molecular complexity index is 971. The Morgan fingerprint density at radius 2 is 1.62 bits per heavy atom. The standard InChI is InChI=1S/C21H13BrN2O2/c22-18-7-1-16(2-8-18)14-24-19-9-5-17(6-10-19)21(25)26-20-11-3-15(13-23)4-12-20/h1-12,14H. The number of carbonyl (C=O) groups is 1. The lowest BCUT2D eigenvalue weighted by atomic mass is 10.2. The molecule has 0 atom stereocenters. The summed E-state index contributed by atoms with van der Waals surface area (Å²) in [7, 11) is 0. The van der Waals surface area contributed by atoms with Gasteiger partial charge in [0.2, 0.25) is 0 Å². The topological polar surface area (TPSA) is 62.4 Å². The smallest absolute Gasteiger partial charge is 0.343 e. The van der Waals surface area contributed by atoms with Crippen molar-refractivity contribution in [3.63, 3.8) is 0 Å². The summed E-state index contributed by atoms with van der Waals surface area (Å²) >= 11 is 3.39. The average Bonchev–Trinajstić information content (AvgIpc) is 2.68. The molecular weight excluding hydrogens is 392 g/mol. The lowest BCUT2D eigenvalue weighted by Crippen LogP contribution is -2.08. The fraction of sp³-hybridized carbons (Fsp3) is 0. The number of nitrogens with zero attached hydrogens (tertiary/aromatic N) is 2. The largest absolute Gasteiger partial charge is 0.423 e. The Labute approximate surface area is 159 Å². The van der Waals surface area contributed by atoms with Crippen molar-refractivity contribution in [2.75, 3.05) is 0 Å². The maximum atomic E-state index is 12.2. The highest BCUT2D eigenvalue weighted by Gasteiger charge is 2.08. The van der Waals surface area contributed by atoms with E-state index in [1.807, 2.05) is 30.3 Å². The lowest BCUT2D eigenvalue weighted by molar-refractivity contribution is 0.0735. The van der Waals surface area contributed by atoms with Crippen LogP contribution in [0.3, 0.4) is 0 Å². The molecule has 0 aromatic heterocycles. The van der Waals surface area contributed by atoms with E-state index >= 15 is 0 Å². The van der Waals surface area contributed by atoms with Crippen molar-refractivity contribution in [3.05, 3.63) is 94.0 Å². The van der Waals surface area contributed by atoms with Crippen molar-refractivity contribution in [2.24, 2.45) is 4.99 Å². The number of carbonyl (C=O) groups excluding carboxylic acids is 1. The Kier molecular flexibility index (Phi) is 5.57. The predicted molar refractivity (Wildman–Crippen MR) is 104 cm³/mol. The molecule has 3 aromatic rings. The third-order valence-electron chi connectivity index (χ3n) is 3.53. The van der Waals surface area contributed by atoms with Crippen LogP contribution in [0.25, 0.3) is 0 Å². The van der Waals surface area contributed by atoms with Crippen LogP contribution >= 0.6 is 15.9 Å². The second-order valence-corrected chi connectivity index (χ2v) is 6.30. The number of benzene rings is 3. The van der Waals surface area contributed by atoms with Gasteiger partial charge < -0.3 is 4.74 Å². The number of hydrogen-bond acceptors (Lipinski definition) is 4. The molecule has 0 fully saturated rings. The molecular formula is C21H13BrN2O2. The molecule has 0 aliphatic carbocycles.